The first kappa shape index (κ1) is 11.7. The Morgan fingerprint density at radius 2 is 2.11 bits per heavy atom. The van der Waals surface area contributed by atoms with Crippen molar-refractivity contribution in [1.29, 1.82) is 0 Å². The molecular formula is C15H16N2O2. The number of aromatic amines is 1. The Balaban J connectivity index is 2.26. The van der Waals surface area contributed by atoms with E-state index in [1.54, 1.807) is 0 Å². The summed E-state index contributed by atoms with van der Waals surface area (Å²) in [6.45, 7) is 2.05. The number of aromatic nitrogens is 1. The average molecular weight is 256 g/mol. The van der Waals surface area contributed by atoms with Crippen molar-refractivity contribution in [2.75, 3.05) is 0 Å². The highest BCUT2D eigenvalue weighted by Gasteiger charge is 2.23. The predicted molar refractivity (Wildman–Crippen MR) is 75.7 cm³/mol. The molecule has 3 rings (SSSR count). The lowest BCUT2D eigenvalue weighted by Gasteiger charge is -2.20. The van der Waals surface area contributed by atoms with Crippen LogP contribution >= 0.6 is 0 Å². The standard InChI is InChI=1S/C15H16N2O2/c1-2-5-12-14-10(8-13(16-12)15(18)19)9-6-3-4-7-11(9)17-14/h3-7,16-19H,2,8H2,1H3. The van der Waals surface area contributed by atoms with Crippen LogP contribution in [0.25, 0.3) is 16.6 Å². The summed E-state index contributed by atoms with van der Waals surface area (Å²) in [5, 5.41) is 22.9. The molecule has 0 spiro atoms. The molecule has 1 aliphatic heterocycles. The number of para-hydroxylation sites is 1. The van der Waals surface area contributed by atoms with Crippen molar-refractivity contribution < 1.29 is 10.2 Å². The summed E-state index contributed by atoms with van der Waals surface area (Å²) in [7, 11) is 0. The zero-order valence-electron chi connectivity index (χ0n) is 10.7. The van der Waals surface area contributed by atoms with E-state index in [-0.39, 0.29) is 0 Å². The molecule has 98 valence electrons. The lowest BCUT2D eigenvalue weighted by molar-refractivity contribution is 0.181. The van der Waals surface area contributed by atoms with Crippen molar-refractivity contribution >= 4 is 16.6 Å². The molecule has 1 aromatic heterocycles. The number of hydrogen-bond acceptors (Lipinski definition) is 3. The summed E-state index contributed by atoms with van der Waals surface area (Å²) >= 11 is 0. The van der Waals surface area contributed by atoms with Gasteiger partial charge in [0.2, 0.25) is 0 Å². The Bertz CT molecular complexity index is 691. The summed E-state index contributed by atoms with van der Waals surface area (Å²) < 4.78 is 0. The summed E-state index contributed by atoms with van der Waals surface area (Å²) in [6, 6.07) is 8.05. The van der Waals surface area contributed by atoms with Crippen molar-refractivity contribution in [3.63, 3.8) is 0 Å². The minimum Gasteiger partial charge on any atom is -0.480 e. The van der Waals surface area contributed by atoms with Crippen LogP contribution in [0.2, 0.25) is 0 Å². The molecule has 0 saturated heterocycles. The Morgan fingerprint density at radius 1 is 1.32 bits per heavy atom. The summed E-state index contributed by atoms with van der Waals surface area (Å²) in [5.74, 6) is -0.641. The van der Waals surface area contributed by atoms with Crippen LogP contribution in [0.5, 0.6) is 0 Å². The van der Waals surface area contributed by atoms with Gasteiger partial charge in [0.25, 0.3) is 5.95 Å². The molecule has 1 aliphatic rings. The molecular weight excluding hydrogens is 240 g/mol. The Labute approximate surface area is 111 Å². The van der Waals surface area contributed by atoms with Crippen LogP contribution in [0.4, 0.5) is 0 Å². The van der Waals surface area contributed by atoms with Crippen LogP contribution in [-0.4, -0.2) is 15.2 Å². The fraction of sp³-hybridized carbons (Fsp3) is 0.200. The second kappa shape index (κ2) is 4.39. The maximum absolute atomic E-state index is 9.33. The summed E-state index contributed by atoms with van der Waals surface area (Å²) in [4.78, 5) is 3.39. The van der Waals surface area contributed by atoms with Crippen molar-refractivity contribution in [3.05, 3.63) is 53.2 Å². The Morgan fingerprint density at radius 3 is 2.84 bits per heavy atom. The molecule has 4 N–H and O–H groups in total. The van der Waals surface area contributed by atoms with Gasteiger partial charge in [-0.05, 0) is 18.1 Å². The Kier molecular flexibility index (Phi) is 2.71. The number of benzene rings is 1. The molecule has 0 radical (unpaired) electrons. The third kappa shape index (κ3) is 1.85. The van der Waals surface area contributed by atoms with Crippen molar-refractivity contribution in [1.82, 2.24) is 10.3 Å². The van der Waals surface area contributed by atoms with Gasteiger partial charge in [0.15, 0.2) is 0 Å². The molecule has 2 heterocycles. The van der Waals surface area contributed by atoms with E-state index in [4.69, 9.17) is 0 Å². The molecule has 0 bridgehead atoms. The van der Waals surface area contributed by atoms with Gasteiger partial charge in [-0.1, -0.05) is 31.2 Å². The van der Waals surface area contributed by atoms with Crippen molar-refractivity contribution in [2.24, 2.45) is 0 Å². The number of aliphatic hydroxyl groups excluding tert-OH is 1. The summed E-state index contributed by atoms with van der Waals surface area (Å²) in [5.41, 5.74) is 4.54. The number of aliphatic hydroxyl groups is 2. The highest BCUT2D eigenvalue weighted by Crippen LogP contribution is 2.32. The molecule has 1 aromatic carbocycles. The third-order valence-electron chi connectivity index (χ3n) is 3.40. The van der Waals surface area contributed by atoms with Gasteiger partial charge in [-0.15, -0.1) is 0 Å². The highest BCUT2D eigenvalue weighted by atomic mass is 16.5. The lowest BCUT2D eigenvalue weighted by atomic mass is 9.99. The molecule has 0 amide bonds. The minimum absolute atomic E-state index is 0.442. The molecule has 0 aliphatic carbocycles. The van der Waals surface area contributed by atoms with Crippen molar-refractivity contribution in [3.8, 4) is 0 Å². The zero-order chi connectivity index (χ0) is 13.4. The topological polar surface area (TPSA) is 68.3 Å². The number of hydrogen-bond donors (Lipinski definition) is 4. The number of allylic oxidation sites excluding steroid dienone is 2. The molecule has 2 aromatic rings. The summed E-state index contributed by atoms with van der Waals surface area (Å²) in [6.07, 6.45) is 3.40. The molecule has 0 unspecified atom stereocenters. The van der Waals surface area contributed by atoms with Gasteiger partial charge in [-0.3, -0.25) is 0 Å². The first-order chi connectivity index (χ1) is 9.20. The quantitative estimate of drug-likeness (QED) is 0.591. The van der Waals surface area contributed by atoms with Gasteiger partial charge in [-0.25, -0.2) is 0 Å². The van der Waals surface area contributed by atoms with Gasteiger partial charge in [0, 0.05) is 17.3 Å². The van der Waals surface area contributed by atoms with Gasteiger partial charge in [0.05, 0.1) is 11.4 Å². The predicted octanol–water partition coefficient (Wildman–Crippen LogP) is 3.35. The molecule has 0 atom stereocenters. The highest BCUT2D eigenvalue weighted by molar-refractivity contribution is 5.90. The zero-order valence-corrected chi connectivity index (χ0v) is 10.7. The molecule has 4 nitrogen and oxygen atoms in total. The third-order valence-corrected chi connectivity index (χ3v) is 3.40. The molecule has 0 saturated carbocycles. The number of fused-ring (bicyclic) bond motifs is 3. The number of rotatable bonds is 1. The fourth-order valence-corrected chi connectivity index (χ4v) is 2.55. The van der Waals surface area contributed by atoms with Gasteiger partial charge in [0.1, 0.15) is 5.70 Å². The second-order valence-electron chi connectivity index (χ2n) is 4.65. The van der Waals surface area contributed by atoms with Crippen LogP contribution in [-0.2, 0) is 6.42 Å². The monoisotopic (exact) mass is 256 g/mol. The smallest absolute Gasteiger partial charge is 0.294 e. The van der Waals surface area contributed by atoms with Crippen LogP contribution in [0.1, 0.15) is 24.6 Å². The Hall–Kier alpha value is -2.36. The number of H-pyrrole nitrogens is 1. The first-order valence-corrected chi connectivity index (χ1v) is 6.39. The van der Waals surface area contributed by atoms with E-state index < -0.39 is 5.95 Å². The van der Waals surface area contributed by atoms with Gasteiger partial charge in [-0.2, -0.15) is 0 Å². The average Bonchev–Trinajstić information content (AvgIpc) is 2.78. The number of nitrogens with one attached hydrogen (secondary N) is 2. The largest absolute Gasteiger partial charge is 0.480 e. The van der Waals surface area contributed by atoms with E-state index in [2.05, 4.69) is 10.3 Å². The van der Waals surface area contributed by atoms with E-state index in [9.17, 15) is 10.2 Å². The normalized spacial score (nSPS) is 16.5. The SMILES string of the molecule is CCC=C1NC(=C(O)O)Cc2c1[nH]c1ccccc21. The maximum atomic E-state index is 9.33. The maximum Gasteiger partial charge on any atom is 0.294 e. The molecule has 19 heavy (non-hydrogen) atoms. The minimum atomic E-state index is -0.641. The fourth-order valence-electron chi connectivity index (χ4n) is 2.55. The molecule has 4 heteroatoms. The van der Waals surface area contributed by atoms with Crippen LogP contribution < -0.4 is 5.32 Å². The lowest BCUT2D eigenvalue weighted by Crippen LogP contribution is -2.22. The van der Waals surface area contributed by atoms with E-state index in [1.165, 1.54) is 0 Å². The second-order valence-corrected chi connectivity index (χ2v) is 4.65. The van der Waals surface area contributed by atoms with Gasteiger partial charge >= 0.3 is 0 Å². The van der Waals surface area contributed by atoms with Crippen molar-refractivity contribution in [2.45, 2.75) is 19.8 Å². The van der Waals surface area contributed by atoms with Crippen LogP contribution in [0.15, 0.2) is 42.0 Å². The van der Waals surface area contributed by atoms with Crippen LogP contribution in [0.3, 0.4) is 0 Å². The molecule has 0 fully saturated rings. The van der Waals surface area contributed by atoms with E-state index >= 15 is 0 Å². The first-order valence-electron chi connectivity index (χ1n) is 6.39. The van der Waals surface area contributed by atoms with E-state index in [0.717, 1.165) is 34.3 Å². The van der Waals surface area contributed by atoms with Gasteiger partial charge < -0.3 is 20.5 Å². The van der Waals surface area contributed by atoms with Crippen LogP contribution in [0, 0.1) is 0 Å². The van der Waals surface area contributed by atoms with E-state index in [0.29, 0.717) is 12.1 Å². The van der Waals surface area contributed by atoms with E-state index in [1.807, 2.05) is 37.3 Å².